The van der Waals surface area contributed by atoms with Crippen LogP contribution >= 0.6 is 0 Å². The van der Waals surface area contributed by atoms with E-state index in [4.69, 9.17) is 0 Å². The van der Waals surface area contributed by atoms with Gasteiger partial charge < -0.3 is 10.6 Å². The van der Waals surface area contributed by atoms with E-state index in [1.54, 1.807) is 25.1 Å². The molecule has 0 aliphatic carbocycles. The molecular formula is C18H19F2N3O2. The predicted molar refractivity (Wildman–Crippen MR) is 88.9 cm³/mol. The second-order valence-corrected chi connectivity index (χ2v) is 5.65. The molecule has 2 aromatic rings. The molecule has 0 unspecified atom stereocenters. The number of benzene rings is 1. The maximum absolute atomic E-state index is 13.1. The largest absolute Gasteiger partial charge is 0.352 e. The van der Waals surface area contributed by atoms with E-state index >= 15 is 0 Å². The monoisotopic (exact) mass is 347 g/mol. The summed E-state index contributed by atoms with van der Waals surface area (Å²) in [6, 6.07) is 8.50. The van der Waals surface area contributed by atoms with E-state index in [1.165, 1.54) is 12.3 Å². The van der Waals surface area contributed by atoms with Gasteiger partial charge in [0.05, 0.1) is 6.54 Å². The lowest BCUT2D eigenvalue weighted by molar-refractivity contribution is -0.120. The van der Waals surface area contributed by atoms with Crippen LogP contribution in [-0.2, 0) is 11.2 Å². The molecule has 0 saturated heterocycles. The molecule has 0 saturated carbocycles. The average molecular weight is 347 g/mol. The van der Waals surface area contributed by atoms with Gasteiger partial charge in [0.25, 0.3) is 5.91 Å². The Kier molecular flexibility index (Phi) is 6.56. The number of aryl methyl sites for hydroxylation is 1. The third kappa shape index (κ3) is 5.95. The Morgan fingerprint density at radius 3 is 2.64 bits per heavy atom. The van der Waals surface area contributed by atoms with Crippen molar-refractivity contribution in [1.29, 1.82) is 0 Å². The zero-order chi connectivity index (χ0) is 18.2. The van der Waals surface area contributed by atoms with Crippen molar-refractivity contribution in [3.8, 4) is 0 Å². The Bertz CT molecular complexity index is 738. The molecule has 2 amide bonds. The molecule has 1 heterocycles. The summed E-state index contributed by atoms with van der Waals surface area (Å²) in [5.41, 5.74) is 0.894. The van der Waals surface area contributed by atoms with Crippen molar-refractivity contribution in [2.24, 2.45) is 0 Å². The Morgan fingerprint density at radius 2 is 1.96 bits per heavy atom. The molecule has 1 atom stereocenters. The van der Waals surface area contributed by atoms with Crippen LogP contribution in [-0.4, -0.2) is 29.4 Å². The van der Waals surface area contributed by atoms with Crippen LogP contribution in [0.25, 0.3) is 0 Å². The van der Waals surface area contributed by atoms with Crippen molar-refractivity contribution in [1.82, 2.24) is 15.6 Å². The third-order valence-electron chi connectivity index (χ3n) is 3.56. The molecule has 0 fully saturated rings. The quantitative estimate of drug-likeness (QED) is 0.807. The van der Waals surface area contributed by atoms with E-state index in [1.807, 2.05) is 0 Å². The second kappa shape index (κ2) is 8.86. The molecule has 25 heavy (non-hydrogen) atoms. The predicted octanol–water partition coefficient (Wildman–Crippen LogP) is 2.23. The van der Waals surface area contributed by atoms with Gasteiger partial charge in [-0.1, -0.05) is 12.1 Å². The van der Waals surface area contributed by atoms with E-state index in [9.17, 15) is 18.4 Å². The topological polar surface area (TPSA) is 71.1 Å². The van der Waals surface area contributed by atoms with Gasteiger partial charge in [-0.05, 0) is 49.6 Å². The number of hydrogen-bond donors (Lipinski definition) is 2. The fourth-order valence-electron chi connectivity index (χ4n) is 2.22. The number of hydrogen-bond acceptors (Lipinski definition) is 3. The number of rotatable bonds is 7. The van der Waals surface area contributed by atoms with Crippen LogP contribution < -0.4 is 10.6 Å². The van der Waals surface area contributed by atoms with Gasteiger partial charge in [0.1, 0.15) is 5.69 Å². The van der Waals surface area contributed by atoms with E-state index in [0.717, 1.165) is 12.1 Å². The maximum atomic E-state index is 13.1. The average Bonchev–Trinajstić information content (AvgIpc) is 2.61. The second-order valence-electron chi connectivity index (χ2n) is 5.65. The van der Waals surface area contributed by atoms with E-state index in [0.29, 0.717) is 18.4 Å². The Morgan fingerprint density at radius 1 is 1.16 bits per heavy atom. The molecule has 5 nitrogen and oxygen atoms in total. The number of halogens is 2. The van der Waals surface area contributed by atoms with Crippen LogP contribution in [0.2, 0.25) is 0 Å². The molecular weight excluding hydrogens is 328 g/mol. The van der Waals surface area contributed by atoms with Crippen molar-refractivity contribution < 1.29 is 18.4 Å². The summed E-state index contributed by atoms with van der Waals surface area (Å²) in [6.45, 7) is 1.64. The summed E-state index contributed by atoms with van der Waals surface area (Å²) < 4.78 is 26.0. The molecule has 0 aliphatic heterocycles. The van der Waals surface area contributed by atoms with Crippen LogP contribution in [0.4, 0.5) is 8.78 Å². The van der Waals surface area contributed by atoms with E-state index in [-0.39, 0.29) is 24.2 Å². The van der Waals surface area contributed by atoms with Gasteiger partial charge in [0, 0.05) is 12.2 Å². The number of amides is 2. The number of pyridine rings is 1. The van der Waals surface area contributed by atoms with E-state index < -0.39 is 17.5 Å². The summed E-state index contributed by atoms with van der Waals surface area (Å²) in [5.74, 6) is -2.52. The van der Waals surface area contributed by atoms with Gasteiger partial charge in [-0.2, -0.15) is 0 Å². The summed E-state index contributed by atoms with van der Waals surface area (Å²) in [7, 11) is 0. The smallest absolute Gasteiger partial charge is 0.270 e. The zero-order valence-corrected chi connectivity index (χ0v) is 13.8. The third-order valence-corrected chi connectivity index (χ3v) is 3.56. The minimum Gasteiger partial charge on any atom is -0.352 e. The normalized spacial score (nSPS) is 11.6. The highest BCUT2D eigenvalue weighted by Gasteiger charge is 2.11. The molecule has 0 aliphatic rings. The molecule has 1 aromatic carbocycles. The molecule has 132 valence electrons. The molecule has 2 rings (SSSR count). The number of nitrogens with zero attached hydrogens (tertiary/aromatic N) is 1. The highest BCUT2D eigenvalue weighted by atomic mass is 19.2. The minimum atomic E-state index is -0.883. The molecule has 2 N–H and O–H groups in total. The number of aromatic nitrogens is 1. The van der Waals surface area contributed by atoms with Crippen molar-refractivity contribution in [2.45, 2.75) is 25.8 Å². The first-order valence-electron chi connectivity index (χ1n) is 7.88. The van der Waals surface area contributed by atoms with Crippen LogP contribution in [0.1, 0.15) is 29.4 Å². The van der Waals surface area contributed by atoms with Crippen LogP contribution in [0.3, 0.4) is 0 Å². The van der Waals surface area contributed by atoms with Crippen molar-refractivity contribution in [2.75, 3.05) is 6.54 Å². The molecule has 7 heteroatoms. The first-order chi connectivity index (χ1) is 12.0. The van der Waals surface area contributed by atoms with Crippen molar-refractivity contribution >= 4 is 11.8 Å². The van der Waals surface area contributed by atoms with Gasteiger partial charge in [-0.25, -0.2) is 8.78 Å². The van der Waals surface area contributed by atoms with Gasteiger partial charge in [-0.15, -0.1) is 0 Å². The Balaban J connectivity index is 1.72. The molecule has 0 spiro atoms. The number of carbonyl (C=O) groups is 2. The molecule has 1 aromatic heterocycles. The van der Waals surface area contributed by atoms with Crippen LogP contribution in [0, 0.1) is 11.6 Å². The zero-order valence-electron chi connectivity index (χ0n) is 13.8. The summed E-state index contributed by atoms with van der Waals surface area (Å²) in [6.07, 6.45) is 2.55. The molecule has 0 radical (unpaired) electrons. The van der Waals surface area contributed by atoms with Gasteiger partial charge in [-0.3, -0.25) is 14.6 Å². The van der Waals surface area contributed by atoms with Crippen LogP contribution in [0.15, 0.2) is 42.6 Å². The first kappa shape index (κ1) is 18.5. The lowest BCUT2D eigenvalue weighted by Gasteiger charge is -2.14. The Labute approximate surface area is 144 Å². The molecule has 0 bridgehead atoms. The van der Waals surface area contributed by atoms with Gasteiger partial charge >= 0.3 is 0 Å². The minimum absolute atomic E-state index is 0.162. The lowest BCUT2D eigenvalue weighted by Crippen LogP contribution is -2.41. The fourth-order valence-corrected chi connectivity index (χ4v) is 2.22. The highest BCUT2D eigenvalue weighted by molar-refractivity contribution is 5.94. The summed E-state index contributed by atoms with van der Waals surface area (Å²) >= 11 is 0. The summed E-state index contributed by atoms with van der Waals surface area (Å²) in [5, 5.41) is 5.23. The van der Waals surface area contributed by atoms with Crippen molar-refractivity contribution in [3.05, 3.63) is 65.5 Å². The number of nitrogens with one attached hydrogen (secondary N) is 2. The van der Waals surface area contributed by atoms with Crippen molar-refractivity contribution in [3.63, 3.8) is 0 Å². The Hall–Kier alpha value is -2.83. The highest BCUT2D eigenvalue weighted by Crippen LogP contribution is 2.11. The van der Waals surface area contributed by atoms with Gasteiger partial charge in [0.15, 0.2) is 11.6 Å². The van der Waals surface area contributed by atoms with Crippen LogP contribution in [0.5, 0.6) is 0 Å². The SMILES string of the molecule is C[C@H](CCc1ccc(F)c(F)c1)NC(=O)CNC(=O)c1ccccn1. The first-order valence-corrected chi connectivity index (χ1v) is 7.88. The van der Waals surface area contributed by atoms with Gasteiger partial charge in [0.2, 0.25) is 5.91 Å². The maximum Gasteiger partial charge on any atom is 0.270 e. The lowest BCUT2D eigenvalue weighted by atomic mass is 10.1. The summed E-state index contributed by atoms with van der Waals surface area (Å²) in [4.78, 5) is 27.5. The standard InChI is InChI=1S/C18H19F2N3O2/c1-12(5-6-13-7-8-14(19)15(20)10-13)23-17(24)11-22-18(25)16-4-2-3-9-21-16/h2-4,7-10,12H,5-6,11H2,1H3,(H,22,25)(H,23,24)/t12-/m1/s1. The van der Waals surface area contributed by atoms with E-state index in [2.05, 4.69) is 15.6 Å². The number of carbonyl (C=O) groups excluding carboxylic acids is 2. The fraction of sp³-hybridized carbons (Fsp3) is 0.278.